The van der Waals surface area contributed by atoms with E-state index in [0.29, 0.717) is 0 Å². The van der Waals surface area contributed by atoms with E-state index in [1.54, 1.807) is 6.07 Å². The molecule has 2 heterocycles. The first kappa shape index (κ1) is 11.5. The number of H-pyrrole nitrogens is 1. The summed E-state index contributed by atoms with van der Waals surface area (Å²) in [7, 11) is 0. The predicted octanol–water partition coefficient (Wildman–Crippen LogP) is 2.98. The van der Waals surface area contributed by atoms with Crippen molar-refractivity contribution in [3.8, 4) is 0 Å². The van der Waals surface area contributed by atoms with Gasteiger partial charge in [-0.3, -0.25) is 4.79 Å². The molecular weight excluding hydrogens is 238 g/mol. The highest BCUT2D eigenvalue weighted by Gasteiger charge is 2.03. The average molecular weight is 251 g/mol. The van der Waals surface area contributed by atoms with Crippen LogP contribution in [0.4, 0.5) is 11.5 Å². The van der Waals surface area contributed by atoms with Gasteiger partial charge in [0.15, 0.2) is 0 Å². The van der Waals surface area contributed by atoms with E-state index < -0.39 is 0 Å². The molecule has 19 heavy (non-hydrogen) atoms. The Morgan fingerprint density at radius 1 is 1.11 bits per heavy atom. The number of aryl methyl sites for hydroxylation is 1. The van der Waals surface area contributed by atoms with E-state index >= 15 is 0 Å². The average Bonchev–Trinajstić information content (AvgIpc) is 2.38. The van der Waals surface area contributed by atoms with Crippen molar-refractivity contribution >= 4 is 22.4 Å². The fraction of sp³-hybridized carbons (Fsp3) is 0.0667. The molecule has 4 heteroatoms. The van der Waals surface area contributed by atoms with Crippen LogP contribution in [0.25, 0.3) is 10.9 Å². The minimum Gasteiger partial charge on any atom is -0.340 e. The number of aromatic amines is 1. The van der Waals surface area contributed by atoms with E-state index in [1.165, 1.54) is 0 Å². The number of fused-ring (bicyclic) bond motifs is 1. The first-order valence-electron chi connectivity index (χ1n) is 6.05. The van der Waals surface area contributed by atoms with E-state index in [1.807, 2.05) is 49.4 Å². The lowest BCUT2D eigenvalue weighted by molar-refractivity contribution is 1.20. The third-order valence-electron chi connectivity index (χ3n) is 2.90. The Balaban J connectivity index is 2.12. The zero-order valence-corrected chi connectivity index (χ0v) is 10.5. The number of aromatic nitrogens is 2. The summed E-state index contributed by atoms with van der Waals surface area (Å²) in [5.74, 6) is 0.732. The van der Waals surface area contributed by atoms with Gasteiger partial charge in [-0.25, -0.2) is 4.98 Å². The summed E-state index contributed by atoms with van der Waals surface area (Å²) < 4.78 is 0. The number of hydrogen-bond donors (Lipinski definition) is 2. The topological polar surface area (TPSA) is 57.8 Å². The van der Waals surface area contributed by atoms with Gasteiger partial charge in [0.25, 0.3) is 0 Å². The first-order valence-corrected chi connectivity index (χ1v) is 6.05. The van der Waals surface area contributed by atoms with Gasteiger partial charge in [0.1, 0.15) is 5.82 Å². The maximum absolute atomic E-state index is 11.6. The van der Waals surface area contributed by atoms with Crippen LogP contribution in [0.5, 0.6) is 0 Å². The Morgan fingerprint density at radius 2 is 1.95 bits per heavy atom. The molecular formula is C15H13N3O. The minimum atomic E-state index is -0.131. The van der Waals surface area contributed by atoms with Crippen LogP contribution < -0.4 is 10.9 Å². The fourth-order valence-electron chi connectivity index (χ4n) is 2.06. The van der Waals surface area contributed by atoms with Crippen LogP contribution in [-0.4, -0.2) is 9.97 Å². The lowest BCUT2D eigenvalue weighted by Gasteiger charge is -2.09. The number of rotatable bonds is 2. The van der Waals surface area contributed by atoms with Gasteiger partial charge in [-0.05, 0) is 25.1 Å². The molecule has 2 N–H and O–H groups in total. The summed E-state index contributed by atoms with van der Waals surface area (Å²) >= 11 is 0. The molecule has 0 bridgehead atoms. The van der Waals surface area contributed by atoms with Crippen molar-refractivity contribution in [2.24, 2.45) is 0 Å². The number of hydrogen-bond acceptors (Lipinski definition) is 3. The third kappa shape index (κ3) is 2.33. The Labute approximate surface area is 110 Å². The largest absolute Gasteiger partial charge is 0.340 e. The molecule has 0 radical (unpaired) electrons. The van der Waals surface area contributed by atoms with E-state index in [0.717, 1.165) is 28.1 Å². The van der Waals surface area contributed by atoms with Gasteiger partial charge in [-0.1, -0.05) is 24.3 Å². The second kappa shape index (κ2) is 4.57. The second-order valence-corrected chi connectivity index (χ2v) is 4.38. The molecule has 3 rings (SSSR count). The van der Waals surface area contributed by atoms with Gasteiger partial charge in [0.05, 0.1) is 11.2 Å². The van der Waals surface area contributed by atoms with Gasteiger partial charge in [0, 0.05) is 17.1 Å². The van der Waals surface area contributed by atoms with Crippen LogP contribution in [0.3, 0.4) is 0 Å². The standard InChI is InChI=1S/C15H13N3O/c1-10-5-4-8-14(16-10)17-13-9-15(19)18-12-7-3-2-6-11(12)13/h2-9H,1H3,(H2,16,17,18,19). The lowest BCUT2D eigenvalue weighted by atomic mass is 10.2. The lowest BCUT2D eigenvalue weighted by Crippen LogP contribution is -2.06. The molecule has 0 saturated heterocycles. The van der Waals surface area contributed by atoms with Crippen LogP contribution in [0, 0.1) is 6.92 Å². The summed E-state index contributed by atoms with van der Waals surface area (Å²) in [6, 6.07) is 15.0. The first-order chi connectivity index (χ1) is 9.22. The molecule has 3 aromatic rings. The molecule has 2 aromatic heterocycles. The van der Waals surface area contributed by atoms with Crippen molar-refractivity contribution in [3.05, 3.63) is 64.6 Å². The number of para-hydroxylation sites is 1. The van der Waals surface area contributed by atoms with Gasteiger partial charge in [0.2, 0.25) is 5.56 Å². The van der Waals surface area contributed by atoms with Gasteiger partial charge in [-0.15, -0.1) is 0 Å². The summed E-state index contributed by atoms with van der Waals surface area (Å²) in [5, 5.41) is 4.16. The summed E-state index contributed by atoms with van der Waals surface area (Å²) in [4.78, 5) is 18.8. The molecule has 0 amide bonds. The SMILES string of the molecule is Cc1cccc(Nc2cc(=O)[nH]c3ccccc23)n1. The van der Waals surface area contributed by atoms with Crippen LogP contribution in [0.1, 0.15) is 5.69 Å². The summed E-state index contributed by atoms with van der Waals surface area (Å²) in [6.07, 6.45) is 0. The second-order valence-electron chi connectivity index (χ2n) is 4.38. The Kier molecular flexibility index (Phi) is 2.76. The molecule has 1 aromatic carbocycles. The molecule has 0 atom stereocenters. The zero-order chi connectivity index (χ0) is 13.2. The fourth-order valence-corrected chi connectivity index (χ4v) is 2.06. The van der Waals surface area contributed by atoms with Crippen LogP contribution in [0.2, 0.25) is 0 Å². The van der Waals surface area contributed by atoms with E-state index in [2.05, 4.69) is 15.3 Å². The number of benzene rings is 1. The van der Waals surface area contributed by atoms with Crippen LogP contribution >= 0.6 is 0 Å². The smallest absolute Gasteiger partial charge is 0.250 e. The van der Waals surface area contributed by atoms with Crippen molar-refractivity contribution < 1.29 is 0 Å². The highest BCUT2D eigenvalue weighted by atomic mass is 16.1. The number of anilines is 2. The molecule has 0 saturated carbocycles. The normalized spacial score (nSPS) is 10.6. The molecule has 0 aliphatic rings. The minimum absolute atomic E-state index is 0.131. The van der Waals surface area contributed by atoms with Crippen molar-refractivity contribution in [1.82, 2.24) is 9.97 Å². The Hall–Kier alpha value is -2.62. The van der Waals surface area contributed by atoms with Crippen LogP contribution in [0.15, 0.2) is 53.3 Å². The van der Waals surface area contributed by atoms with E-state index in [9.17, 15) is 4.79 Å². The third-order valence-corrected chi connectivity index (χ3v) is 2.90. The monoisotopic (exact) mass is 251 g/mol. The highest BCUT2D eigenvalue weighted by molar-refractivity contribution is 5.92. The number of pyridine rings is 2. The molecule has 94 valence electrons. The van der Waals surface area contributed by atoms with Gasteiger partial charge in [-0.2, -0.15) is 0 Å². The number of nitrogens with one attached hydrogen (secondary N) is 2. The van der Waals surface area contributed by atoms with Crippen molar-refractivity contribution in [2.45, 2.75) is 6.92 Å². The molecule has 0 spiro atoms. The molecule has 0 aliphatic heterocycles. The predicted molar refractivity (Wildman–Crippen MR) is 76.8 cm³/mol. The maximum atomic E-state index is 11.6. The van der Waals surface area contributed by atoms with Crippen molar-refractivity contribution in [1.29, 1.82) is 0 Å². The van der Waals surface area contributed by atoms with E-state index in [4.69, 9.17) is 0 Å². The van der Waals surface area contributed by atoms with Crippen LogP contribution in [-0.2, 0) is 0 Å². The van der Waals surface area contributed by atoms with E-state index in [-0.39, 0.29) is 5.56 Å². The summed E-state index contributed by atoms with van der Waals surface area (Å²) in [6.45, 7) is 1.93. The summed E-state index contributed by atoms with van der Waals surface area (Å²) in [5.41, 5.74) is 2.37. The van der Waals surface area contributed by atoms with Gasteiger partial charge >= 0.3 is 0 Å². The Bertz CT molecular complexity index is 792. The molecule has 0 fully saturated rings. The number of nitrogens with zero attached hydrogens (tertiary/aromatic N) is 1. The molecule has 4 nitrogen and oxygen atoms in total. The zero-order valence-electron chi connectivity index (χ0n) is 10.5. The van der Waals surface area contributed by atoms with Crippen molar-refractivity contribution in [2.75, 3.05) is 5.32 Å². The molecule has 0 unspecified atom stereocenters. The van der Waals surface area contributed by atoms with Gasteiger partial charge < -0.3 is 10.3 Å². The molecule has 0 aliphatic carbocycles. The quantitative estimate of drug-likeness (QED) is 0.736. The highest BCUT2D eigenvalue weighted by Crippen LogP contribution is 2.22. The van der Waals surface area contributed by atoms with Crippen molar-refractivity contribution in [3.63, 3.8) is 0 Å². The Morgan fingerprint density at radius 3 is 2.79 bits per heavy atom. The maximum Gasteiger partial charge on any atom is 0.250 e.